The topological polar surface area (TPSA) is 139 Å². The third kappa shape index (κ3) is 6.57. The van der Waals surface area contributed by atoms with Crippen molar-refractivity contribution in [2.24, 2.45) is 0 Å². The number of fused-ring (bicyclic) bond motifs is 1. The van der Waals surface area contributed by atoms with Crippen LogP contribution >= 0.6 is 34.8 Å². The number of anilines is 1. The predicted molar refractivity (Wildman–Crippen MR) is 167 cm³/mol. The highest BCUT2D eigenvalue weighted by Crippen LogP contribution is 2.33. The molecule has 3 aromatic carbocycles. The lowest BCUT2D eigenvalue weighted by Gasteiger charge is -2.13. The molecule has 1 unspecified atom stereocenters. The highest BCUT2D eigenvalue weighted by Gasteiger charge is 2.29. The van der Waals surface area contributed by atoms with Gasteiger partial charge in [0.2, 0.25) is 15.8 Å². The Kier molecular flexibility index (Phi) is 9.26. The normalized spacial score (nSPS) is 12.3. The van der Waals surface area contributed by atoms with E-state index in [9.17, 15) is 23.1 Å². The molecule has 1 atom stereocenters. The van der Waals surface area contributed by atoms with Gasteiger partial charge in [-0.1, -0.05) is 53.0 Å². The van der Waals surface area contributed by atoms with Crippen LogP contribution in [0.2, 0.25) is 15.1 Å². The summed E-state index contributed by atoms with van der Waals surface area (Å²) in [7, 11) is -4.44. The van der Waals surface area contributed by atoms with Gasteiger partial charge in [-0.25, -0.2) is 22.2 Å². The van der Waals surface area contributed by atoms with Crippen LogP contribution in [0.3, 0.4) is 0 Å². The molecule has 45 heavy (non-hydrogen) atoms. The fraction of sp³-hybridized carbons (Fsp3) is 0.100. The van der Waals surface area contributed by atoms with Gasteiger partial charge in [-0.2, -0.15) is 0 Å². The van der Waals surface area contributed by atoms with E-state index in [4.69, 9.17) is 39.9 Å². The maximum Gasteiger partial charge on any atom is 0.266 e. The molecule has 0 spiro atoms. The quantitative estimate of drug-likeness (QED) is 0.162. The molecule has 0 amide bonds. The first kappa shape index (κ1) is 32.5. The molecule has 0 aliphatic heterocycles. The lowest BCUT2D eigenvalue weighted by Crippen LogP contribution is -2.29. The highest BCUT2D eigenvalue weighted by atomic mass is 35.5. The van der Waals surface area contributed by atoms with Crippen molar-refractivity contribution in [1.82, 2.24) is 9.55 Å². The Hall–Kier alpha value is -3.91. The number of aromatic nitrogens is 2. The van der Waals surface area contributed by atoms with Crippen molar-refractivity contribution in [1.29, 1.82) is 0 Å². The molecule has 0 saturated carbocycles. The van der Waals surface area contributed by atoms with Gasteiger partial charge in [0.25, 0.3) is 5.91 Å². The maximum atomic E-state index is 15.7. The van der Waals surface area contributed by atoms with Crippen LogP contribution in [0.1, 0.15) is 26.3 Å². The standard InChI is InChI=1S/C30H20Cl3F2N3O6S/c31-17-6-4-15(5-7-17)16-10-19-20(12-38(29(19)36-11-16)30(42)25-21(32)2-1-3-22(25)33)28(41)26-23(34)8-9-24(27(26)35)37-45(43,44)14-18(40)13-39/h1-12,18,37,39-40H,13-14H2. The molecular weight excluding hydrogens is 675 g/mol. The first-order valence-electron chi connectivity index (χ1n) is 12.9. The molecule has 15 heteroatoms. The SMILES string of the molecule is O=C(c1c(F)ccc(NS(=O)(=O)CC(O)CO)c1F)c1cn(C(=O)c2c(Cl)cccc2Cl)c2ncc(-c3ccc(Cl)cc3)cc12. The number of carbonyl (C=O) groups excluding carboxylic acids is 2. The van der Waals surface area contributed by atoms with E-state index in [1.165, 1.54) is 30.5 Å². The lowest BCUT2D eigenvalue weighted by molar-refractivity contribution is 0.0964. The first-order valence-corrected chi connectivity index (χ1v) is 15.7. The minimum absolute atomic E-state index is 0.00315. The minimum Gasteiger partial charge on any atom is -0.394 e. The summed E-state index contributed by atoms with van der Waals surface area (Å²) in [5.74, 6) is -5.89. The summed E-state index contributed by atoms with van der Waals surface area (Å²) >= 11 is 18.5. The molecule has 0 aliphatic rings. The van der Waals surface area contributed by atoms with Crippen LogP contribution in [0.25, 0.3) is 22.2 Å². The second-order valence-electron chi connectivity index (χ2n) is 9.75. The van der Waals surface area contributed by atoms with Gasteiger partial charge >= 0.3 is 0 Å². The van der Waals surface area contributed by atoms with Gasteiger partial charge in [0.1, 0.15) is 11.5 Å². The van der Waals surface area contributed by atoms with Crippen LogP contribution in [-0.4, -0.2) is 58.3 Å². The zero-order valence-electron chi connectivity index (χ0n) is 22.6. The first-order chi connectivity index (χ1) is 21.3. The second kappa shape index (κ2) is 12.8. The maximum absolute atomic E-state index is 15.7. The summed E-state index contributed by atoms with van der Waals surface area (Å²) in [6.07, 6.45) is 0.792. The predicted octanol–water partition coefficient (Wildman–Crippen LogP) is 5.96. The largest absolute Gasteiger partial charge is 0.394 e. The Morgan fingerprint density at radius 2 is 1.62 bits per heavy atom. The van der Waals surface area contributed by atoms with Crippen LogP contribution in [0.5, 0.6) is 0 Å². The van der Waals surface area contributed by atoms with Gasteiger partial charge in [0.05, 0.1) is 50.9 Å². The molecule has 3 N–H and O–H groups in total. The van der Waals surface area contributed by atoms with Crippen molar-refractivity contribution in [2.75, 3.05) is 17.1 Å². The summed E-state index contributed by atoms with van der Waals surface area (Å²) in [4.78, 5) is 32.0. The Morgan fingerprint density at radius 3 is 2.27 bits per heavy atom. The van der Waals surface area contributed by atoms with Crippen LogP contribution in [0.15, 0.2) is 73.1 Å². The Morgan fingerprint density at radius 1 is 0.956 bits per heavy atom. The molecule has 5 aromatic rings. The van der Waals surface area contributed by atoms with Crippen LogP contribution in [-0.2, 0) is 10.0 Å². The monoisotopic (exact) mass is 693 g/mol. The number of pyridine rings is 1. The van der Waals surface area contributed by atoms with Crippen molar-refractivity contribution < 1.29 is 37.0 Å². The Balaban J connectivity index is 1.69. The van der Waals surface area contributed by atoms with Crippen LogP contribution < -0.4 is 4.72 Å². The number of hydrogen-bond acceptors (Lipinski definition) is 7. The number of carbonyl (C=O) groups is 2. The average Bonchev–Trinajstić information content (AvgIpc) is 3.37. The number of aliphatic hydroxyl groups excluding tert-OH is 2. The smallest absolute Gasteiger partial charge is 0.266 e. The molecule has 5 rings (SSSR count). The summed E-state index contributed by atoms with van der Waals surface area (Å²) in [6.45, 7) is -0.884. The van der Waals surface area contributed by atoms with Crippen molar-refractivity contribution in [3.05, 3.63) is 116 Å². The van der Waals surface area contributed by atoms with Gasteiger partial charge < -0.3 is 10.2 Å². The van der Waals surface area contributed by atoms with Crippen molar-refractivity contribution >= 4 is 73.2 Å². The second-order valence-corrected chi connectivity index (χ2v) is 12.8. The average molecular weight is 695 g/mol. The van der Waals surface area contributed by atoms with E-state index in [0.29, 0.717) is 22.2 Å². The zero-order valence-corrected chi connectivity index (χ0v) is 25.7. The molecule has 0 radical (unpaired) electrons. The molecule has 0 aliphatic carbocycles. The fourth-order valence-corrected chi connectivity index (χ4v) is 6.43. The van der Waals surface area contributed by atoms with E-state index in [2.05, 4.69) is 4.98 Å². The fourth-order valence-electron chi connectivity index (χ4n) is 4.56. The number of aliphatic hydroxyl groups is 2. The number of sulfonamides is 1. The molecule has 2 aromatic heterocycles. The van der Waals surface area contributed by atoms with Crippen LogP contribution in [0.4, 0.5) is 14.5 Å². The van der Waals surface area contributed by atoms with E-state index >= 15 is 8.78 Å². The summed E-state index contributed by atoms with van der Waals surface area (Å²) in [6, 6.07) is 13.9. The zero-order chi connectivity index (χ0) is 32.6. The summed E-state index contributed by atoms with van der Waals surface area (Å²) in [5.41, 5.74) is -1.34. The molecule has 0 bridgehead atoms. The van der Waals surface area contributed by atoms with Crippen molar-refractivity contribution in [3.63, 3.8) is 0 Å². The number of nitrogens with zero attached hydrogens (tertiary/aromatic N) is 2. The van der Waals surface area contributed by atoms with E-state index in [1.807, 2.05) is 4.72 Å². The molecule has 9 nitrogen and oxygen atoms in total. The number of rotatable bonds is 9. The Labute approximate surface area is 269 Å². The molecule has 232 valence electrons. The number of halogens is 5. The molecular formula is C30H20Cl3F2N3O6S. The Bertz CT molecular complexity index is 2070. The van der Waals surface area contributed by atoms with Crippen LogP contribution in [0, 0.1) is 11.6 Å². The van der Waals surface area contributed by atoms with E-state index in [0.717, 1.165) is 16.8 Å². The van der Waals surface area contributed by atoms with Gasteiger partial charge in [-0.15, -0.1) is 0 Å². The number of nitrogens with one attached hydrogen (secondary N) is 1. The van der Waals surface area contributed by atoms with E-state index in [1.54, 1.807) is 24.3 Å². The van der Waals surface area contributed by atoms with Gasteiger partial charge in [0.15, 0.2) is 5.82 Å². The minimum atomic E-state index is -4.44. The highest BCUT2D eigenvalue weighted by molar-refractivity contribution is 7.92. The number of hydrogen-bond donors (Lipinski definition) is 3. The van der Waals surface area contributed by atoms with Crippen molar-refractivity contribution in [2.45, 2.75) is 6.10 Å². The van der Waals surface area contributed by atoms with Crippen molar-refractivity contribution in [3.8, 4) is 11.1 Å². The number of benzene rings is 3. The molecule has 0 fully saturated rings. The molecule has 2 heterocycles. The lowest BCUT2D eigenvalue weighted by atomic mass is 10.00. The van der Waals surface area contributed by atoms with Gasteiger partial charge in [-0.05, 0) is 48.0 Å². The summed E-state index contributed by atoms with van der Waals surface area (Å²) < 4.78 is 58.4. The molecule has 0 saturated heterocycles. The summed E-state index contributed by atoms with van der Waals surface area (Å²) in [5, 5.41) is 19.0. The van der Waals surface area contributed by atoms with E-state index in [-0.39, 0.29) is 32.2 Å². The number of ketones is 1. The van der Waals surface area contributed by atoms with Gasteiger partial charge in [0, 0.05) is 28.4 Å². The van der Waals surface area contributed by atoms with Gasteiger partial charge in [-0.3, -0.25) is 18.9 Å². The third-order valence-electron chi connectivity index (χ3n) is 6.67. The third-order valence-corrected chi connectivity index (χ3v) is 8.90. The van der Waals surface area contributed by atoms with E-state index < -0.39 is 63.1 Å².